The van der Waals surface area contributed by atoms with Gasteiger partial charge in [0.25, 0.3) is 0 Å². The maximum atomic E-state index is 8.95. The fraction of sp³-hybridized carbons (Fsp3) is 0.444. The molecule has 3 N–H and O–H groups in total. The van der Waals surface area contributed by atoms with Crippen LogP contribution >= 0.6 is 11.8 Å². The summed E-state index contributed by atoms with van der Waals surface area (Å²) >= 11 is 1.56. The molecule has 0 aromatic heterocycles. The summed E-state index contributed by atoms with van der Waals surface area (Å²) in [5.74, 6) is 0. The van der Waals surface area contributed by atoms with Crippen molar-refractivity contribution < 1.29 is 5.11 Å². The number of nitrogens with zero attached hydrogens (tertiary/aromatic N) is 1. The first kappa shape index (κ1) is 12.3. The lowest BCUT2D eigenvalue weighted by Crippen LogP contribution is -2.04. The maximum Gasteiger partial charge on any atom is 0.0717 e. The van der Waals surface area contributed by atoms with E-state index in [1.54, 1.807) is 24.0 Å². The second kappa shape index (κ2) is 6.74. The second-order valence-electron chi connectivity index (χ2n) is 2.41. The zero-order chi connectivity index (χ0) is 10.3. The molecule has 0 unspecified atom stereocenters. The molecular weight excluding hydrogens is 184 g/mol. The van der Waals surface area contributed by atoms with Crippen LogP contribution in [0.4, 0.5) is 0 Å². The summed E-state index contributed by atoms with van der Waals surface area (Å²) in [6.07, 6.45) is 5.29. The standard InChI is InChI=1S/C9H16N2OS/c1-4-9(10)8(6-12)5-11-7(2)13-3/h4-5,12H,6,10H2,1-3H3/b8-5-,9-4-,11-7?. The van der Waals surface area contributed by atoms with E-state index in [1.807, 2.05) is 20.1 Å². The summed E-state index contributed by atoms with van der Waals surface area (Å²) in [6.45, 7) is 3.65. The molecule has 0 amide bonds. The quantitative estimate of drug-likeness (QED) is 0.412. The lowest BCUT2D eigenvalue weighted by atomic mass is 10.2. The van der Waals surface area contributed by atoms with Crippen molar-refractivity contribution in [1.82, 2.24) is 0 Å². The first-order valence-electron chi connectivity index (χ1n) is 3.96. The van der Waals surface area contributed by atoms with Gasteiger partial charge in [-0.1, -0.05) is 6.08 Å². The number of rotatable bonds is 3. The maximum absolute atomic E-state index is 8.95. The molecule has 0 aromatic rings. The van der Waals surface area contributed by atoms with E-state index >= 15 is 0 Å². The molecule has 0 spiro atoms. The molecule has 0 fully saturated rings. The van der Waals surface area contributed by atoms with E-state index < -0.39 is 0 Å². The van der Waals surface area contributed by atoms with Crippen LogP contribution in [0.15, 0.2) is 28.5 Å². The van der Waals surface area contributed by atoms with Crippen LogP contribution in [0.1, 0.15) is 13.8 Å². The average Bonchev–Trinajstić information content (AvgIpc) is 2.17. The highest BCUT2D eigenvalue weighted by Gasteiger charge is 1.96. The first-order valence-corrected chi connectivity index (χ1v) is 5.18. The third-order valence-corrected chi connectivity index (χ3v) is 2.25. The molecule has 0 atom stereocenters. The van der Waals surface area contributed by atoms with Crippen molar-refractivity contribution in [3.8, 4) is 0 Å². The fourth-order valence-electron chi connectivity index (χ4n) is 0.614. The summed E-state index contributed by atoms with van der Waals surface area (Å²) in [7, 11) is 0. The Morgan fingerprint density at radius 3 is 2.62 bits per heavy atom. The number of aliphatic hydroxyl groups is 1. The summed E-state index contributed by atoms with van der Waals surface area (Å²) in [6, 6.07) is 0. The minimum atomic E-state index is -0.0820. The van der Waals surface area contributed by atoms with Crippen LogP contribution in [0.5, 0.6) is 0 Å². The molecule has 0 saturated heterocycles. The van der Waals surface area contributed by atoms with Gasteiger partial charge in [0.2, 0.25) is 0 Å². The second-order valence-corrected chi connectivity index (χ2v) is 3.41. The predicted octanol–water partition coefficient (Wildman–Crippen LogP) is 1.51. The van der Waals surface area contributed by atoms with Crippen molar-refractivity contribution in [2.24, 2.45) is 10.7 Å². The van der Waals surface area contributed by atoms with Gasteiger partial charge < -0.3 is 10.8 Å². The first-order chi connectivity index (χ1) is 6.15. The molecule has 74 valence electrons. The summed E-state index contributed by atoms with van der Waals surface area (Å²) in [5, 5.41) is 9.89. The molecule has 3 nitrogen and oxygen atoms in total. The molecule has 0 radical (unpaired) electrons. The van der Waals surface area contributed by atoms with E-state index in [9.17, 15) is 0 Å². The van der Waals surface area contributed by atoms with Crippen molar-refractivity contribution in [2.45, 2.75) is 13.8 Å². The summed E-state index contributed by atoms with van der Waals surface area (Å²) < 4.78 is 0. The van der Waals surface area contributed by atoms with Crippen molar-refractivity contribution in [1.29, 1.82) is 0 Å². The Morgan fingerprint density at radius 1 is 1.62 bits per heavy atom. The predicted molar refractivity (Wildman–Crippen MR) is 59.7 cm³/mol. The van der Waals surface area contributed by atoms with E-state index in [-0.39, 0.29) is 6.61 Å². The SMILES string of the molecule is C/C=C(N)/C(=C\N=C(C)SC)CO. The van der Waals surface area contributed by atoms with Gasteiger partial charge in [0.1, 0.15) is 0 Å². The number of aliphatic hydroxyl groups excluding tert-OH is 1. The normalized spacial score (nSPS) is 14.9. The number of allylic oxidation sites excluding steroid dienone is 1. The molecule has 0 rings (SSSR count). The smallest absolute Gasteiger partial charge is 0.0717 e. The third kappa shape index (κ3) is 4.75. The van der Waals surface area contributed by atoms with E-state index in [0.717, 1.165) is 5.04 Å². The molecule has 0 heterocycles. The third-order valence-electron chi connectivity index (χ3n) is 1.55. The minimum absolute atomic E-state index is 0.0820. The fourth-order valence-corrected chi connectivity index (χ4v) is 0.772. The van der Waals surface area contributed by atoms with Crippen LogP contribution in [0, 0.1) is 0 Å². The van der Waals surface area contributed by atoms with Gasteiger partial charge in [-0.15, -0.1) is 11.8 Å². The molecule has 0 aliphatic heterocycles. The van der Waals surface area contributed by atoms with Crippen LogP contribution in [0.25, 0.3) is 0 Å². The number of thioether (sulfide) groups is 1. The van der Waals surface area contributed by atoms with Gasteiger partial charge in [-0.25, -0.2) is 0 Å². The van der Waals surface area contributed by atoms with Gasteiger partial charge in [-0.3, -0.25) is 4.99 Å². The summed E-state index contributed by atoms with van der Waals surface area (Å²) in [4.78, 5) is 4.12. The minimum Gasteiger partial charge on any atom is -0.399 e. The van der Waals surface area contributed by atoms with Crippen LogP contribution < -0.4 is 5.73 Å². The molecule has 0 saturated carbocycles. The van der Waals surface area contributed by atoms with Crippen LogP contribution in [0.3, 0.4) is 0 Å². The number of aliphatic imine (C=N–C) groups is 1. The highest BCUT2D eigenvalue weighted by Crippen LogP contribution is 2.05. The monoisotopic (exact) mass is 200 g/mol. The van der Waals surface area contributed by atoms with Gasteiger partial charge in [-0.2, -0.15) is 0 Å². The molecular formula is C9H16N2OS. The topological polar surface area (TPSA) is 58.6 Å². The van der Waals surface area contributed by atoms with Gasteiger partial charge in [0.15, 0.2) is 0 Å². The van der Waals surface area contributed by atoms with Gasteiger partial charge >= 0.3 is 0 Å². The Morgan fingerprint density at radius 2 is 2.23 bits per heavy atom. The zero-order valence-electron chi connectivity index (χ0n) is 8.24. The van der Waals surface area contributed by atoms with Crippen molar-refractivity contribution in [2.75, 3.05) is 12.9 Å². The Kier molecular flexibility index (Phi) is 6.36. The van der Waals surface area contributed by atoms with Crippen LogP contribution in [-0.2, 0) is 0 Å². The summed E-state index contributed by atoms with van der Waals surface area (Å²) in [5.41, 5.74) is 6.83. The van der Waals surface area contributed by atoms with Crippen molar-refractivity contribution in [3.63, 3.8) is 0 Å². The van der Waals surface area contributed by atoms with Crippen LogP contribution in [-0.4, -0.2) is 23.0 Å². The Bertz CT molecular complexity index is 244. The van der Waals surface area contributed by atoms with E-state index in [4.69, 9.17) is 10.8 Å². The van der Waals surface area contributed by atoms with E-state index in [0.29, 0.717) is 11.3 Å². The molecule has 13 heavy (non-hydrogen) atoms. The van der Waals surface area contributed by atoms with E-state index in [1.165, 1.54) is 0 Å². The van der Waals surface area contributed by atoms with E-state index in [2.05, 4.69) is 4.99 Å². The largest absolute Gasteiger partial charge is 0.399 e. The Labute approximate surface area is 83.4 Å². The molecule has 0 aliphatic rings. The molecule has 0 aromatic carbocycles. The number of hydrogen-bond donors (Lipinski definition) is 2. The molecule has 4 heteroatoms. The van der Waals surface area contributed by atoms with Gasteiger partial charge in [-0.05, 0) is 20.1 Å². The lowest BCUT2D eigenvalue weighted by molar-refractivity contribution is 0.333. The average molecular weight is 200 g/mol. The van der Waals surface area contributed by atoms with Crippen LogP contribution in [0.2, 0.25) is 0 Å². The van der Waals surface area contributed by atoms with Crippen molar-refractivity contribution in [3.05, 3.63) is 23.5 Å². The molecule has 0 bridgehead atoms. The highest BCUT2D eigenvalue weighted by molar-refractivity contribution is 8.13. The molecule has 0 aliphatic carbocycles. The van der Waals surface area contributed by atoms with Gasteiger partial charge in [0, 0.05) is 17.5 Å². The Balaban J connectivity index is 4.58. The number of nitrogens with two attached hydrogens (primary N) is 1. The Hall–Kier alpha value is -0.740. The van der Waals surface area contributed by atoms with Gasteiger partial charge in [0.05, 0.1) is 11.7 Å². The highest BCUT2D eigenvalue weighted by atomic mass is 32.2. The lowest BCUT2D eigenvalue weighted by Gasteiger charge is -2.01. The van der Waals surface area contributed by atoms with Crippen molar-refractivity contribution >= 4 is 16.8 Å². The zero-order valence-corrected chi connectivity index (χ0v) is 9.06. The number of hydrogen-bond acceptors (Lipinski definition) is 4.